The molecule has 0 aromatic heterocycles. The van der Waals surface area contributed by atoms with Crippen LogP contribution in [0.2, 0.25) is 5.02 Å². The molecule has 116 valence electrons. The van der Waals surface area contributed by atoms with Crippen LogP contribution in [-0.4, -0.2) is 50.6 Å². The zero-order valence-corrected chi connectivity index (χ0v) is 13.2. The lowest BCUT2D eigenvalue weighted by molar-refractivity contribution is -0.117. The van der Waals surface area contributed by atoms with Gasteiger partial charge in [-0.2, -0.15) is 0 Å². The molecule has 1 aromatic rings. The van der Waals surface area contributed by atoms with Crippen LogP contribution in [0, 0.1) is 0 Å². The van der Waals surface area contributed by atoms with Crippen molar-refractivity contribution in [3.63, 3.8) is 0 Å². The Morgan fingerprint density at radius 3 is 3.05 bits per heavy atom. The van der Waals surface area contributed by atoms with Crippen LogP contribution in [0.1, 0.15) is 12.8 Å². The SMILES string of the molecule is COc1ccc(Cl)cc1NC(=O)CN(C)C1CCCNC1. The number of anilines is 1. The number of piperidine rings is 1. The van der Waals surface area contributed by atoms with Crippen LogP contribution >= 0.6 is 11.6 Å². The minimum absolute atomic E-state index is 0.0661. The molecule has 1 aliphatic heterocycles. The number of ether oxygens (including phenoxy) is 1. The van der Waals surface area contributed by atoms with Gasteiger partial charge in [0.2, 0.25) is 5.91 Å². The Balaban J connectivity index is 1.93. The summed E-state index contributed by atoms with van der Waals surface area (Å²) in [4.78, 5) is 14.3. The Labute approximate surface area is 130 Å². The molecule has 2 rings (SSSR count). The number of hydrogen-bond acceptors (Lipinski definition) is 4. The number of nitrogens with zero attached hydrogens (tertiary/aromatic N) is 1. The molecule has 0 saturated carbocycles. The first-order chi connectivity index (χ1) is 10.1. The molecule has 2 N–H and O–H groups in total. The molecule has 1 aromatic carbocycles. The van der Waals surface area contributed by atoms with Crippen LogP contribution in [0.15, 0.2) is 18.2 Å². The first-order valence-electron chi connectivity index (χ1n) is 7.14. The van der Waals surface area contributed by atoms with E-state index >= 15 is 0 Å². The summed E-state index contributed by atoms with van der Waals surface area (Å²) in [7, 11) is 3.55. The van der Waals surface area contributed by atoms with Gasteiger partial charge in [0, 0.05) is 17.6 Å². The maximum absolute atomic E-state index is 12.2. The highest BCUT2D eigenvalue weighted by molar-refractivity contribution is 6.31. The van der Waals surface area contributed by atoms with Crippen molar-refractivity contribution >= 4 is 23.2 Å². The molecule has 0 bridgehead atoms. The maximum atomic E-state index is 12.2. The van der Waals surface area contributed by atoms with E-state index < -0.39 is 0 Å². The molecule has 1 amide bonds. The number of methoxy groups -OCH3 is 1. The number of likely N-dealkylation sites (N-methyl/N-ethyl adjacent to an activating group) is 1. The molecule has 6 heteroatoms. The summed E-state index contributed by atoms with van der Waals surface area (Å²) in [5, 5.41) is 6.78. The molecule has 1 atom stereocenters. The second kappa shape index (κ2) is 7.64. The molecule has 1 heterocycles. The van der Waals surface area contributed by atoms with Gasteiger partial charge in [0.05, 0.1) is 19.3 Å². The van der Waals surface area contributed by atoms with E-state index in [0.29, 0.717) is 29.0 Å². The van der Waals surface area contributed by atoms with Crippen LogP contribution in [-0.2, 0) is 4.79 Å². The number of halogens is 1. The fourth-order valence-electron chi connectivity index (χ4n) is 2.53. The quantitative estimate of drug-likeness (QED) is 0.873. The summed E-state index contributed by atoms with van der Waals surface area (Å²) in [6, 6.07) is 5.58. The van der Waals surface area contributed by atoms with Gasteiger partial charge in [-0.3, -0.25) is 9.69 Å². The van der Waals surface area contributed by atoms with E-state index in [1.54, 1.807) is 25.3 Å². The molecule has 1 unspecified atom stereocenters. The smallest absolute Gasteiger partial charge is 0.238 e. The summed E-state index contributed by atoms with van der Waals surface area (Å²) < 4.78 is 5.23. The lowest BCUT2D eigenvalue weighted by Crippen LogP contribution is -2.46. The molecular weight excluding hydrogens is 290 g/mol. The van der Waals surface area contributed by atoms with Gasteiger partial charge >= 0.3 is 0 Å². The summed E-state index contributed by atoms with van der Waals surface area (Å²) >= 11 is 5.96. The number of hydrogen-bond donors (Lipinski definition) is 2. The second-order valence-electron chi connectivity index (χ2n) is 5.31. The van der Waals surface area contributed by atoms with Crippen LogP contribution in [0.25, 0.3) is 0 Å². The topological polar surface area (TPSA) is 53.6 Å². The molecular formula is C15H22ClN3O2. The largest absolute Gasteiger partial charge is 0.495 e. The summed E-state index contributed by atoms with van der Waals surface area (Å²) in [5.41, 5.74) is 0.602. The Kier molecular flexibility index (Phi) is 5.85. The van der Waals surface area contributed by atoms with Gasteiger partial charge in [-0.15, -0.1) is 0 Å². The molecule has 1 saturated heterocycles. The second-order valence-corrected chi connectivity index (χ2v) is 5.74. The third-order valence-electron chi connectivity index (χ3n) is 3.72. The molecule has 0 aliphatic carbocycles. The first kappa shape index (κ1) is 16.1. The fourth-order valence-corrected chi connectivity index (χ4v) is 2.70. The number of rotatable bonds is 5. The van der Waals surface area contributed by atoms with Crippen LogP contribution in [0.5, 0.6) is 5.75 Å². The summed E-state index contributed by atoms with van der Waals surface area (Å²) in [6.07, 6.45) is 2.27. The van der Waals surface area contributed by atoms with Gasteiger partial charge in [-0.05, 0) is 44.6 Å². The predicted octanol–water partition coefficient (Wildman–Crippen LogP) is 1.97. The molecule has 0 radical (unpaired) electrons. The van der Waals surface area contributed by atoms with E-state index in [0.717, 1.165) is 25.9 Å². The van der Waals surface area contributed by atoms with E-state index in [1.807, 2.05) is 7.05 Å². The summed E-state index contributed by atoms with van der Waals surface area (Å²) in [5.74, 6) is 0.540. The van der Waals surface area contributed by atoms with Crippen molar-refractivity contribution in [2.75, 3.05) is 39.1 Å². The standard InChI is InChI=1S/C15H22ClN3O2/c1-19(12-4-3-7-17-9-12)10-15(20)18-13-8-11(16)5-6-14(13)21-2/h5-6,8,12,17H,3-4,7,9-10H2,1-2H3,(H,18,20). The fraction of sp³-hybridized carbons (Fsp3) is 0.533. The lowest BCUT2D eigenvalue weighted by Gasteiger charge is -2.31. The molecule has 21 heavy (non-hydrogen) atoms. The average Bonchev–Trinajstić information content (AvgIpc) is 2.48. The first-order valence-corrected chi connectivity index (χ1v) is 7.52. The Hall–Kier alpha value is -1.30. The zero-order valence-electron chi connectivity index (χ0n) is 12.5. The number of benzene rings is 1. The number of nitrogens with one attached hydrogen (secondary N) is 2. The third-order valence-corrected chi connectivity index (χ3v) is 3.96. The Morgan fingerprint density at radius 2 is 2.38 bits per heavy atom. The van der Waals surface area contributed by atoms with E-state index in [-0.39, 0.29) is 5.91 Å². The summed E-state index contributed by atoms with van der Waals surface area (Å²) in [6.45, 7) is 2.35. The predicted molar refractivity (Wildman–Crippen MR) is 85.2 cm³/mol. The van der Waals surface area contributed by atoms with Gasteiger partial charge in [-0.1, -0.05) is 11.6 Å². The number of carbonyl (C=O) groups excluding carboxylic acids is 1. The van der Waals surface area contributed by atoms with Crippen molar-refractivity contribution in [2.45, 2.75) is 18.9 Å². The highest BCUT2D eigenvalue weighted by Crippen LogP contribution is 2.27. The third kappa shape index (κ3) is 4.59. The monoisotopic (exact) mass is 311 g/mol. The Morgan fingerprint density at radius 1 is 1.57 bits per heavy atom. The van der Waals surface area contributed by atoms with Crippen LogP contribution in [0.4, 0.5) is 5.69 Å². The highest BCUT2D eigenvalue weighted by atomic mass is 35.5. The molecule has 0 spiro atoms. The number of carbonyl (C=O) groups is 1. The lowest BCUT2D eigenvalue weighted by atomic mass is 10.1. The van der Waals surface area contributed by atoms with Gasteiger partial charge in [0.25, 0.3) is 0 Å². The molecule has 1 fully saturated rings. The van der Waals surface area contributed by atoms with Gasteiger partial charge < -0.3 is 15.4 Å². The van der Waals surface area contributed by atoms with Gasteiger partial charge in [0.1, 0.15) is 5.75 Å². The van der Waals surface area contributed by atoms with E-state index in [4.69, 9.17) is 16.3 Å². The van der Waals surface area contributed by atoms with E-state index in [1.165, 1.54) is 0 Å². The van der Waals surface area contributed by atoms with Crippen molar-refractivity contribution in [1.29, 1.82) is 0 Å². The van der Waals surface area contributed by atoms with Crippen molar-refractivity contribution in [2.24, 2.45) is 0 Å². The van der Waals surface area contributed by atoms with E-state index in [2.05, 4.69) is 15.5 Å². The van der Waals surface area contributed by atoms with Crippen LogP contribution < -0.4 is 15.4 Å². The minimum Gasteiger partial charge on any atom is -0.495 e. The maximum Gasteiger partial charge on any atom is 0.238 e. The molecule has 1 aliphatic rings. The van der Waals surface area contributed by atoms with Crippen molar-refractivity contribution in [3.05, 3.63) is 23.2 Å². The van der Waals surface area contributed by atoms with Gasteiger partial charge in [-0.25, -0.2) is 0 Å². The van der Waals surface area contributed by atoms with E-state index in [9.17, 15) is 4.79 Å². The van der Waals surface area contributed by atoms with Crippen LogP contribution in [0.3, 0.4) is 0 Å². The molecule has 5 nitrogen and oxygen atoms in total. The van der Waals surface area contributed by atoms with Crippen molar-refractivity contribution in [1.82, 2.24) is 10.2 Å². The Bertz CT molecular complexity index is 490. The van der Waals surface area contributed by atoms with Crippen molar-refractivity contribution < 1.29 is 9.53 Å². The number of amides is 1. The minimum atomic E-state index is -0.0661. The highest BCUT2D eigenvalue weighted by Gasteiger charge is 2.20. The normalized spacial score (nSPS) is 18.6. The van der Waals surface area contributed by atoms with Gasteiger partial charge in [0.15, 0.2) is 0 Å². The average molecular weight is 312 g/mol. The zero-order chi connectivity index (χ0) is 15.2. The van der Waals surface area contributed by atoms with Crippen molar-refractivity contribution in [3.8, 4) is 5.75 Å².